The first-order valence-electron chi connectivity index (χ1n) is 9.55. The van der Waals surface area contributed by atoms with Gasteiger partial charge in [-0.2, -0.15) is 5.10 Å². The molecule has 140 valence electrons. The maximum atomic E-state index is 6.04. The fourth-order valence-corrected chi connectivity index (χ4v) is 3.90. The maximum absolute atomic E-state index is 6.04. The van der Waals surface area contributed by atoms with Gasteiger partial charge in [0.25, 0.3) is 0 Å². The van der Waals surface area contributed by atoms with Crippen molar-refractivity contribution in [2.75, 3.05) is 38.1 Å². The highest BCUT2D eigenvalue weighted by Gasteiger charge is 2.34. The number of rotatable bonds is 4. The first kappa shape index (κ1) is 17.4. The second-order valence-corrected chi connectivity index (χ2v) is 7.65. The lowest BCUT2D eigenvalue weighted by molar-refractivity contribution is -0.000765. The molecule has 2 unspecified atom stereocenters. The van der Waals surface area contributed by atoms with Crippen LogP contribution in [0.4, 0.5) is 5.82 Å². The zero-order valence-corrected chi connectivity index (χ0v) is 15.9. The van der Waals surface area contributed by atoms with Crippen LogP contribution in [0.3, 0.4) is 0 Å². The van der Waals surface area contributed by atoms with Gasteiger partial charge >= 0.3 is 0 Å². The van der Waals surface area contributed by atoms with Gasteiger partial charge in [-0.05, 0) is 33.7 Å². The molecule has 0 saturated carbocycles. The van der Waals surface area contributed by atoms with Crippen molar-refractivity contribution >= 4 is 11.5 Å². The SMILES string of the molecule is CC(C)OC1CC=C2NN=C(c3cc(N4CCN(C)CC4)ncn3)C2C1. The van der Waals surface area contributed by atoms with Crippen molar-refractivity contribution < 1.29 is 4.74 Å². The molecule has 3 aliphatic rings. The van der Waals surface area contributed by atoms with Crippen LogP contribution in [0.2, 0.25) is 0 Å². The summed E-state index contributed by atoms with van der Waals surface area (Å²) in [6.07, 6.45) is 6.26. The highest BCUT2D eigenvalue weighted by molar-refractivity contribution is 6.04. The van der Waals surface area contributed by atoms with E-state index in [2.05, 4.69) is 63.3 Å². The Hall–Kier alpha value is -1.99. The van der Waals surface area contributed by atoms with E-state index in [1.54, 1.807) is 6.33 Å². The molecule has 1 N–H and O–H groups in total. The van der Waals surface area contributed by atoms with E-state index in [-0.39, 0.29) is 18.1 Å². The average molecular weight is 356 g/mol. The van der Waals surface area contributed by atoms with Crippen molar-refractivity contribution in [1.29, 1.82) is 0 Å². The summed E-state index contributed by atoms with van der Waals surface area (Å²) in [4.78, 5) is 13.7. The lowest BCUT2D eigenvalue weighted by Gasteiger charge is -2.33. The zero-order valence-electron chi connectivity index (χ0n) is 15.9. The minimum absolute atomic E-state index is 0.239. The van der Waals surface area contributed by atoms with E-state index >= 15 is 0 Å². The van der Waals surface area contributed by atoms with Crippen LogP contribution in [0.5, 0.6) is 0 Å². The monoisotopic (exact) mass is 356 g/mol. The third-order valence-corrected chi connectivity index (χ3v) is 5.32. The Morgan fingerprint density at radius 3 is 2.77 bits per heavy atom. The van der Waals surface area contributed by atoms with E-state index in [0.29, 0.717) is 0 Å². The number of piperazine rings is 1. The number of ether oxygens (including phenoxy) is 1. The number of anilines is 1. The number of fused-ring (bicyclic) bond motifs is 1. The van der Waals surface area contributed by atoms with Gasteiger partial charge in [0.2, 0.25) is 0 Å². The molecule has 0 amide bonds. The molecule has 7 nitrogen and oxygen atoms in total. The van der Waals surface area contributed by atoms with Gasteiger partial charge in [0.05, 0.1) is 23.6 Å². The van der Waals surface area contributed by atoms with Crippen LogP contribution in [-0.2, 0) is 4.74 Å². The lowest BCUT2D eigenvalue weighted by Crippen LogP contribution is -2.44. The third-order valence-electron chi connectivity index (χ3n) is 5.32. The van der Waals surface area contributed by atoms with Gasteiger partial charge < -0.3 is 14.5 Å². The molecule has 0 spiro atoms. The summed E-state index contributed by atoms with van der Waals surface area (Å²) in [5.41, 5.74) is 6.30. The summed E-state index contributed by atoms with van der Waals surface area (Å²) in [5.74, 6) is 1.23. The number of hydrogen-bond acceptors (Lipinski definition) is 7. The smallest absolute Gasteiger partial charge is 0.132 e. The van der Waals surface area contributed by atoms with Gasteiger partial charge in [-0.25, -0.2) is 9.97 Å². The second-order valence-electron chi connectivity index (χ2n) is 7.65. The molecule has 2 atom stereocenters. The van der Waals surface area contributed by atoms with Crippen molar-refractivity contribution in [3.8, 4) is 0 Å². The summed E-state index contributed by atoms with van der Waals surface area (Å²) in [5, 5.41) is 4.59. The predicted molar refractivity (Wildman–Crippen MR) is 102 cm³/mol. The Kier molecular flexibility index (Phi) is 4.91. The molecule has 1 aromatic heterocycles. The van der Waals surface area contributed by atoms with Gasteiger partial charge in [-0.3, -0.25) is 5.43 Å². The average Bonchev–Trinajstić information content (AvgIpc) is 3.05. The van der Waals surface area contributed by atoms with Gasteiger partial charge in [0, 0.05) is 43.9 Å². The van der Waals surface area contributed by atoms with E-state index in [9.17, 15) is 0 Å². The van der Waals surface area contributed by atoms with Gasteiger partial charge in [-0.15, -0.1) is 0 Å². The lowest BCUT2D eigenvalue weighted by atomic mass is 9.86. The van der Waals surface area contributed by atoms with E-state index in [1.807, 2.05) is 0 Å². The molecule has 2 aliphatic heterocycles. The van der Waals surface area contributed by atoms with E-state index in [0.717, 1.165) is 56.2 Å². The topological polar surface area (TPSA) is 65.9 Å². The molecule has 1 fully saturated rings. The zero-order chi connectivity index (χ0) is 18.1. The fourth-order valence-electron chi connectivity index (χ4n) is 3.90. The molecule has 3 heterocycles. The summed E-state index contributed by atoms with van der Waals surface area (Å²) >= 11 is 0. The Morgan fingerprint density at radius 1 is 1.19 bits per heavy atom. The Labute approximate surface area is 155 Å². The summed E-state index contributed by atoms with van der Waals surface area (Å²) in [7, 11) is 2.16. The molecule has 4 rings (SSSR count). The van der Waals surface area contributed by atoms with Crippen LogP contribution in [0.1, 0.15) is 32.4 Å². The highest BCUT2D eigenvalue weighted by atomic mass is 16.5. The first-order chi connectivity index (χ1) is 12.6. The Morgan fingerprint density at radius 2 is 2.00 bits per heavy atom. The number of hydrazone groups is 1. The molecule has 0 bridgehead atoms. The molecule has 1 aromatic rings. The van der Waals surface area contributed by atoms with Gasteiger partial charge in [0.1, 0.15) is 12.1 Å². The van der Waals surface area contributed by atoms with Crippen LogP contribution >= 0.6 is 0 Å². The van der Waals surface area contributed by atoms with E-state index in [4.69, 9.17) is 4.74 Å². The molecule has 0 aromatic carbocycles. The number of likely N-dealkylation sites (N-methyl/N-ethyl adjacent to an activating group) is 1. The van der Waals surface area contributed by atoms with Gasteiger partial charge in [0.15, 0.2) is 0 Å². The highest BCUT2D eigenvalue weighted by Crippen LogP contribution is 2.32. The predicted octanol–water partition coefficient (Wildman–Crippen LogP) is 1.62. The number of aromatic nitrogens is 2. The summed E-state index contributed by atoms with van der Waals surface area (Å²) in [6.45, 7) is 8.30. The Bertz CT molecular complexity index is 708. The minimum atomic E-state index is 0.239. The second kappa shape index (κ2) is 7.32. The molecule has 0 radical (unpaired) electrons. The van der Waals surface area contributed by atoms with Crippen molar-refractivity contribution in [2.45, 2.75) is 38.9 Å². The van der Waals surface area contributed by atoms with E-state index in [1.165, 1.54) is 5.70 Å². The summed E-state index contributed by atoms with van der Waals surface area (Å²) < 4.78 is 6.04. The molecular formula is C19H28N6O. The van der Waals surface area contributed by atoms with Crippen molar-refractivity contribution in [3.63, 3.8) is 0 Å². The summed E-state index contributed by atoms with van der Waals surface area (Å²) in [6, 6.07) is 2.09. The number of hydrogen-bond donors (Lipinski definition) is 1. The molecular weight excluding hydrogens is 328 g/mol. The number of nitrogens with zero attached hydrogens (tertiary/aromatic N) is 5. The molecule has 1 aliphatic carbocycles. The minimum Gasteiger partial charge on any atom is -0.375 e. The van der Waals surface area contributed by atoms with Crippen molar-refractivity contribution in [1.82, 2.24) is 20.3 Å². The third kappa shape index (κ3) is 3.59. The largest absolute Gasteiger partial charge is 0.375 e. The van der Waals surface area contributed by atoms with Crippen LogP contribution in [-0.4, -0.2) is 66.0 Å². The van der Waals surface area contributed by atoms with Crippen LogP contribution in [0, 0.1) is 5.92 Å². The molecule has 26 heavy (non-hydrogen) atoms. The van der Waals surface area contributed by atoms with Crippen LogP contribution < -0.4 is 10.3 Å². The number of allylic oxidation sites excluding steroid dienone is 1. The quantitative estimate of drug-likeness (QED) is 0.884. The normalized spacial score (nSPS) is 26.4. The van der Waals surface area contributed by atoms with E-state index < -0.39 is 0 Å². The van der Waals surface area contributed by atoms with Crippen molar-refractivity contribution in [3.05, 3.63) is 29.9 Å². The Balaban J connectivity index is 1.52. The van der Waals surface area contributed by atoms with Gasteiger partial charge in [-0.1, -0.05) is 6.08 Å². The standard InChI is InChI=1S/C19H28N6O/c1-13(2)26-14-4-5-16-15(10-14)19(23-22-16)17-11-18(21-12-20-17)25-8-6-24(3)7-9-25/h5,11-15,22H,4,6-10H2,1-3H3. The van der Waals surface area contributed by atoms with Crippen LogP contribution in [0.25, 0.3) is 0 Å². The fraction of sp³-hybridized carbons (Fsp3) is 0.632. The van der Waals surface area contributed by atoms with Crippen LogP contribution in [0.15, 0.2) is 29.3 Å². The number of nitrogens with one attached hydrogen (secondary N) is 1. The first-order valence-corrected chi connectivity index (χ1v) is 9.55. The van der Waals surface area contributed by atoms with Crippen molar-refractivity contribution in [2.24, 2.45) is 11.0 Å². The molecule has 7 heteroatoms. The maximum Gasteiger partial charge on any atom is 0.132 e. The molecule has 1 saturated heterocycles.